The number of likely N-dealkylation sites (N-methyl/N-ethyl adjacent to an activating group) is 1. The molecule has 184 valence electrons. The highest BCUT2D eigenvalue weighted by Crippen LogP contribution is 2.31. The molecule has 10 nitrogen and oxygen atoms in total. The zero-order valence-electron chi connectivity index (χ0n) is 19.7. The number of anilines is 2. The van der Waals surface area contributed by atoms with Gasteiger partial charge in [-0.25, -0.2) is 8.42 Å². The topological polar surface area (TPSA) is 116 Å². The Labute approximate surface area is 200 Å². The molecule has 1 aliphatic rings. The molecule has 0 aliphatic carbocycles. The van der Waals surface area contributed by atoms with Crippen LogP contribution in [0, 0.1) is 10.1 Å². The maximum Gasteiger partial charge on any atom is 0.270 e. The van der Waals surface area contributed by atoms with Crippen LogP contribution in [0.1, 0.15) is 31.1 Å². The van der Waals surface area contributed by atoms with Gasteiger partial charge in [-0.15, -0.1) is 0 Å². The molecule has 0 spiro atoms. The average Bonchev–Trinajstić information content (AvgIpc) is 2.84. The van der Waals surface area contributed by atoms with Crippen LogP contribution in [0.5, 0.6) is 0 Å². The van der Waals surface area contributed by atoms with Crippen LogP contribution in [0.25, 0.3) is 0 Å². The van der Waals surface area contributed by atoms with Gasteiger partial charge < -0.3 is 15.1 Å². The minimum Gasteiger partial charge on any atom is -0.367 e. The van der Waals surface area contributed by atoms with Gasteiger partial charge in [0.1, 0.15) is 0 Å². The van der Waals surface area contributed by atoms with Gasteiger partial charge in [0, 0.05) is 57.0 Å². The number of nitro benzene ring substituents is 1. The second-order valence-corrected chi connectivity index (χ2v) is 9.89. The number of nitrogens with zero attached hydrogens (tertiary/aromatic N) is 4. The number of sulfonamides is 1. The largest absolute Gasteiger partial charge is 0.367 e. The van der Waals surface area contributed by atoms with E-state index in [-0.39, 0.29) is 16.1 Å². The molecule has 0 unspecified atom stereocenters. The maximum absolute atomic E-state index is 13.1. The molecule has 1 N–H and O–H groups in total. The average molecular weight is 490 g/mol. The molecule has 1 saturated heterocycles. The summed E-state index contributed by atoms with van der Waals surface area (Å²) in [5.74, 6) is -0.547. The Hall–Kier alpha value is -3.02. The minimum absolute atomic E-state index is 0.0847. The van der Waals surface area contributed by atoms with Crippen molar-refractivity contribution in [1.82, 2.24) is 9.21 Å². The Morgan fingerprint density at radius 3 is 2.32 bits per heavy atom. The Morgan fingerprint density at radius 1 is 1.06 bits per heavy atom. The number of benzene rings is 2. The Balaban J connectivity index is 1.99. The van der Waals surface area contributed by atoms with Gasteiger partial charge in [0.05, 0.1) is 21.2 Å². The van der Waals surface area contributed by atoms with Crippen molar-refractivity contribution in [3.05, 3.63) is 58.1 Å². The highest BCUT2D eigenvalue weighted by Gasteiger charge is 2.26. The van der Waals surface area contributed by atoms with Crippen LogP contribution < -0.4 is 10.2 Å². The lowest BCUT2D eigenvalue weighted by atomic mass is 10.1. The van der Waals surface area contributed by atoms with Crippen molar-refractivity contribution in [2.24, 2.45) is 0 Å². The SMILES string of the molecule is CCN1CCN(c2ccc(S(=O)(=O)N(CC)CC)cc2NC(=O)c2cccc([N+](=O)[O-])c2)CC1. The lowest BCUT2D eigenvalue weighted by molar-refractivity contribution is -0.384. The molecule has 1 aliphatic heterocycles. The van der Waals surface area contributed by atoms with Crippen LogP contribution >= 0.6 is 0 Å². The molecule has 2 aromatic carbocycles. The van der Waals surface area contributed by atoms with Crippen molar-refractivity contribution in [3.63, 3.8) is 0 Å². The summed E-state index contributed by atoms with van der Waals surface area (Å²) < 4.78 is 27.6. The molecule has 0 bridgehead atoms. The van der Waals surface area contributed by atoms with Crippen molar-refractivity contribution in [1.29, 1.82) is 0 Å². The van der Waals surface area contributed by atoms with Crippen LogP contribution in [-0.2, 0) is 10.0 Å². The van der Waals surface area contributed by atoms with Crippen molar-refractivity contribution < 1.29 is 18.1 Å². The smallest absolute Gasteiger partial charge is 0.270 e. The number of amides is 1. The first kappa shape index (κ1) is 25.6. The quantitative estimate of drug-likeness (QED) is 0.425. The summed E-state index contributed by atoms with van der Waals surface area (Å²) in [6.07, 6.45) is 0. The third kappa shape index (κ3) is 5.54. The lowest BCUT2D eigenvalue weighted by Gasteiger charge is -2.36. The Bertz CT molecular complexity index is 1140. The van der Waals surface area contributed by atoms with Crippen LogP contribution in [0.15, 0.2) is 47.4 Å². The van der Waals surface area contributed by atoms with E-state index < -0.39 is 20.9 Å². The predicted molar refractivity (Wildman–Crippen MR) is 132 cm³/mol. The number of hydrogen-bond donors (Lipinski definition) is 1. The molecule has 2 aromatic rings. The number of carbonyl (C=O) groups excluding carboxylic acids is 1. The fourth-order valence-electron chi connectivity index (χ4n) is 4.02. The van der Waals surface area contributed by atoms with E-state index in [1.165, 1.54) is 34.6 Å². The van der Waals surface area contributed by atoms with E-state index in [9.17, 15) is 23.3 Å². The highest BCUT2D eigenvalue weighted by atomic mass is 32.2. The summed E-state index contributed by atoms with van der Waals surface area (Å²) in [5, 5.41) is 13.9. The predicted octanol–water partition coefficient (Wildman–Crippen LogP) is 3.02. The molecule has 3 rings (SSSR count). The zero-order valence-corrected chi connectivity index (χ0v) is 20.5. The summed E-state index contributed by atoms with van der Waals surface area (Å²) in [5.41, 5.74) is 0.997. The van der Waals surface area contributed by atoms with Gasteiger partial charge in [-0.3, -0.25) is 14.9 Å². The third-order valence-corrected chi connectivity index (χ3v) is 8.08. The standard InChI is InChI=1S/C23H31N5O5S/c1-4-25-12-14-26(15-13-25)22-11-10-20(34(32,33)27(5-2)6-3)17-21(22)24-23(29)18-8-7-9-19(16-18)28(30)31/h7-11,16-17H,4-6,12-15H2,1-3H3,(H,24,29). The molecular formula is C23H31N5O5S. The summed E-state index contributed by atoms with van der Waals surface area (Å²) >= 11 is 0. The van der Waals surface area contributed by atoms with Gasteiger partial charge in [-0.05, 0) is 30.8 Å². The number of hydrogen-bond acceptors (Lipinski definition) is 7. The Kier molecular flexibility index (Phi) is 8.24. The first-order chi connectivity index (χ1) is 16.2. The number of non-ortho nitro benzene ring substituents is 1. The van der Waals surface area contributed by atoms with Crippen molar-refractivity contribution in [3.8, 4) is 0 Å². The second kappa shape index (κ2) is 10.9. The molecule has 0 radical (unpaired) electrons. The number of piperazine rings is 1. The van der Waals surface area contributed by atoms with E-state index in [1.807, 2.05) is 0 Å². The van der Waals surface area contributed by atoms with E-state index in [0.29, 0.717) is 24.5 Å². The summed E-state index contributed by atoms with van der Waals surface area (Å²) in [6.45, 7) is 10.4. The van der Waals surface area contributed by atoms with Gasteiger partial charge in [0.15, 0.2) is 0 Å². The second-order valence-electron chi connectivity index (χ2n) is 7.95. The lowest BCUT2D eigenvalue weighted by Crippen LogP contribution is -2.46. The first-order valence-corrected chi connectivity index (χ1v) is 12.8. The molecule has 0 saturated carbocycles. The summed E-state index contributed by atoms with van der Waals surface area (Å²) in [4.78, 5) is 28.1. The van der Waals surface area contributed by atoms with Gasteiger partial charge >= 0.3 is 0 Å². The number of carbonyl (C=O) groups is 1. The van der Waals surface area contributed by atoms with Crippen molar-refractivity contribution >= 4 is 33.0 Å². The Morgan fingerprint density at radius 2 is 1.74 bits per heavy atom. The van der Waals surface area contributed by atoms with Gasteiger partial charge in [-0.2, -0.15) is 4.31 Å². The van der Waals surface area contributed by atoms with E-state index in [0.717, 1.165) is 32.7 Å². The van der Waals surface area contributed by atoms with Gasteiger partial charge in [0.2, 0.25) is 10.0 Å². The highest BCUT2D eigenvalue weighted by molar-refractivity contribution is 7.89. The van der Waals surface area contributed by atoms with Crippen molar-refractivity contribution in [2.45, 2.75) is 25.7 Å². The third-order valence-electron chi connectivity index (χ3n) is 6.04. The minimum atomic E-state index is -3.74. The summed E-state index contributed by atoms with van der Waals surface area (Å²) in [6, 6.07) is 10.2. The van der Waals surface area contributed by atoms with Crippen LogP contribution in [-0.4, -0.2) is 74.3 Å². The molecule has 1 amide bonds. The number of rotatable bonds is 9. The molecule has 11 heteroatoms. The molecular weight excluding hydrogens is 458 g/mol. The van der Waals surface area contributed by atoms with E-state index in [4.69, 9.17) is 0 Å². The molecule has 34 heavy (non-hydrogen) atoms. The van der Waals surface area contributed by atoms with Gasteiger partial charge in [0.25, 0.3) is 11.6 Å². The normalized spacial score (nSPS) is 14.9. The van der Waals surface area contributed by atoms with E-state index in [1.54, 1.807) is 26.0 Å². The number of nitrogens with one attached hydrogen (secondary N) is 1. The number of nitro groups is 1. The van der Waals surface area contributed by atoms with Crippen LogP contribution in [0.3, 0.4) is 0 Å². The fourth-order valence-corrected chi connectivity index (χ4v) is 5.51. The molecule has 1 heterocycles. The van der Waals surface area contributed by atoms with Crippen LogP contribution in [0.4, 0.5) is 17.1 Å². The fraction of sp³-hybridized carbons (Fsp3) is 0.435. The summed E-state index contributed by atoms with van der Waals surface area (Å²) in [7, 11) is -3.74. The zero-order chi connectivity index (χ0) is 24.9. The maximum atomic E-state index is 13.1. The molecule has 0 atom stereocenters. The first-order valence-electron chi connectivity index (χ1n) is 11.4. The van der Waals surface area contributed by atoms with E-state index in [2.05, 4.69) is 22.0 Å². The van der Waals surface area contributed by atoms with Crippen molar-refractivity contribution in [2.75, 3.05) is 56.0 Å². The molecule has 1 fully saturated rings. The molecule has 0 aromatic heterocycles. The van der Waals surface area contributed by atoms with E-state index >= 15 is 0 Å². The monoisotopic (exact) mass is 489 g/mol. The van der Waals surface area contributed by atoms with Gasteiger partial charge in [-0.1, -0.05) is 26.8 Å². The van der Waals surface area contributed by atoms with Crippen LogP contribution in [0.2, 0.25) is 0 Å².